The maximum Gasteiger partial charge on any atom is 0.227 e. The average molecular weight is 891 g/mol. The molecule has 64 heavy (non-hydrogen) atoms. The largest absolute Gasteiger partial charge is 0.485 e. The van der Waals surface area contributed by atoms with E-state index in [0.29, 0.717) is 81.7 Å². The Labute approximate surface area is 371 Å². The second kappa shape index (κ2) is 18.9. The number of amides is 2. The van der Waals surface area contributed by atoms with Gasteiger partial charge in [-0.25, -0.2) is 32.9 Å². The Bertz CT molecular complexity index is 2780. The van der Waals surface area contributed by atoms with E-state index >= 15 is 4.39 Å². The fourth-order valence-electron chi connectivity index (χ4n) is 7.51. The molecular weight excluding hydrogens is 842 g/mol. The van der Waals surface area contributed by atoms with Crippen LogP contribution >= 0.6 is 0 Å². The summed E-state index contributed by atoms with van der Waals surface area (Å²) in [5.74, 6) is 0.438. The number of hydrogen-bond donors (Lipinski definition) is 5. The van der Waals surface area contributed by atoms with Gasteiger partial charge in [0.05, 0.1) is 39.8 Å². The van der Waals surface area contributed by atoms with Gasteiger partial charge in [-0.1, -0.05) is 12.1 Å². The van der Waals surface area contributed by atoms with Crippen LogP contribution in [0.2, 0.25) is 0 Å². The van der Waals surface area contributed by atoms with Crippen molar-refractivity contribution < 1.29 is 28.0 Å². The van der Waals surface area contributed by atoms with Crippen LogP contribution in [0.5, 0.6) is 5.75 Å². The number of carbonyl (C=O) groups is 2. The molecule has 2 unspecified atom stereocenters. The zero-order valence-corrected chi connectivity index (χ0v) is 36.8. The molecule has 1 aliphatic heterocycles. The van der Waals surface area contributed by atoms with E-state index in [2.05, 4.69) is 57.9 Å². The molecule has 4 aromatic heterocycles. The molecule has 7 rings (SSSR count). The van der Waals surface area contributed by atoms with Gasteiger partial charge in [-0.15, -0.1) is 0 Å². The number of hydrogen-bond acceptors (Lipinski definition) is 14. The van der Waals surface area contributed by atoms with E-state index in [1.165, 1.54) is 23.1 Å². The smallest absolute Gasteiger partial charge is 0.227 e. The second-order valence-corrected chi connectivity index (χ2v) is 17.3. The fourth-order valence-corrected chi connectivity index (χ4v) is 8.62. The minimum atomic E-state index is -1.97. The van der Waals surface area contributed by atoms with Gasteiger partial charge in [0.2, 0.25) is 12.3 Å². The van der Waals surface area contributed by atoms with Crippen LogP contribution in [0.3, 0.4) is 0 Å². The molecule has 0 aliphatic carbocycles. The normalized spacial score (nSPS) is 15.8. The summed E-state index contributed by atoms with van der Waals surface area (Å²) >= 11 is 0. The van der Waals surface area contributed by atoms with E-state index in [4.69, 9.17) is 17.6 Å². The Hall–Kier alpha value is -6.78. The molecule has 5 heterocycles. The number of anilines is 3. The molecule has 2 atom stereocenters. The average Bonchev–Trinajstić information content (AvgIpc) is 3.91. The molecule has 5 N–H and O–H groups in total. The van der Waals surface area contributed by atoms with E-state index in [1.54, 1.807) is 59.4 Å². The van der Waals surface area contributed by atoms with E-state index in [0.717, 1.165) is 0 Å². The molecule has 0 saturated carbocycles. The maximum absolute atomic E-state index is 15.6. The van der Waals surface area contributed by atoms with Crippen LogP contribution < -0.4 is 31.1 Å². The first-order chi connectivity index (χ1) is 30.6. The lowest BCUT2D eigenvalue weighted by Crippen LogP contribution is -2.66. The number of fused-ring (bicyclic) bond motifs is 1. The molecule has 1 fully saturated rings. The number of H-pyrrole nitrogens is 1. The van der Waals surface area contributed by atoms with Gasteiger partial charge >= 0.3 is 0 Å². The highest BCUT2D eigenvalue weighted by molar-refractivity contribution is 7.85. The third-order valence-corrected chi connectivity index (χ3v) is 11.8. The molecule has 0 spiro atoms. The third-order valence-electron chi connectivity index (χ3n) is 10.5. The van der Waals surface area contributed by atoms with Crippen LogP contribution in [0, 0.1) is 5.82 Å². The van der Waals surface area contributed by atoms with Crippen LogP contribution in [0.1, 0.15) is 39.7 Å². The van der Waals surface area contributed by atoms with Crippen molar-refractivity contribution in [2.45, 2.75) is 61.2 Å². The summed E-state index contributed by atoms with van der Waals surface area (Å²) in [6, 6.07) is 14.4. The highest BCUT2D eigenvalue weighted by Gasteiger charge is 2.44. The molecule has 1 saturated heterocycles. The molecule has 19 nitrogen and oxygen atoms in total. The van der Waals surface area contributed by atoms with E-state index < -0.39 is 27.8 Å². The number of aromatic nitrogens is 7. The van der Waals surface area contributed by atoms with Gasteiger partial charge in [0.25, 0.3) is 0 Å². The van der Waals surface area contributed by atoms with Gasteiger partial charge in [-0.3, -0.25) is 19.6 Å². The monoisotopic (exact) mass is 890 g/mol. The Balaban J connectivity index is 1.04. The molecule has 1 aliphatic rings. The Morgan fingerprint density at radius 1 is 1.19 bits per heavy atom. The summed E-state index contributed by atoms with van der Waals surface area (Å²) in [6.45, 7) is 12.6. The first kappa shape index (κ1) is 45.3. The topological polar surface area (TPSA) is 225 Å². The Kier molecular flexibility index (Phi) is 13.4. The summed E-state index contributed by atoms with van der Waals surface area (Å²) in [5.41, 5.74) is -0.218. The molecule has 6 aromatic rings. The van der Waals surface area contributed by atoms with E-state index in [1.807, 2.05) is 39.8 Å². The molecule has 2 radical (unpaired) electrons. The number of nitrogens with one attached hydrogen (secondary N) is 4. The third kappa shape index (κ3) is 9.58. The van der Waals surface area contributed by atoms with Crippen molar-refractivity contribution in [1.82, 2.24) is 44.8 Å². The van der Waals surface area contributed by atoms with E-state index in [9.17, 15) is 18.9 Å². The zero-order valence-electron chi connectivity index (χ0n) is 35.9. The summed E-state index contributed by atoms with van der Waals surface area (Å²) in [5, 5.41) is 36.1. The molecule has 22 heteroatoms. The van der Waals surface area contributed by atoms with Crippen molar-refractivity contribution >= 4 is 66.0 Å². The first-order valence-electron chi connectivity index (χ1n) is 20.3. The lowest BCUT2D eigenvalue weighted by atomic mass is 9.78. The number of aromatic amines is 1. The predicted octanol–water partition coefficient (Wildman–Crippen LogP) is 3.03. The standard InChI is InChI=1S/C42H48BFN14O5S/c1-26(2)63-37-36(27-20-50-51-21-27)49-24-57(45-5)40(37)48-23-47-33-12-10-30(19-32(33)44)64(62)29-9-7-8-28(18-29)42(43,61)58-17-16-56(22-41(58,3)4)34-13-11-31-38(54-55(6)39(31)52-34)53-35(60)14-15-46-25-59/h7-13,18-21,24-26,47,61H,5,14-17,22-23H2,1-4,6H3,(H,46,59)(H,50,51)(H,53,54,60)/b48-40-. The molecule has 0 bridgehead atoms. The SMILES string of the molecule is [B]C(O)(c1cccc(S(=O)c2ccc(NC/N=c3/c(OC(C)C)c(-c4cn[nH]c4)ncn3N=C)c(F)c2)c1)N1CCN(c2ccc3c(NC(=O)CCNC=O)nn(C)c3n2)CC1(C)C. The first-order valence-corrected chi connectivity index (χ1v) is 21.4. The van der Waals surface area contributed by atoms with Crippen LogP contribution in [-0.4, -0.2) is 120 Å². The zero-order chi connectivity index (χ0) is 45.8. The summed E-state index contributed by atoms with van der Waals surface area (Å²) in [4.78, 5) is 41.2. The van der Waals surface area contributed by atoms with Crippen molar-refractivity contribution in [2.24, 2.45) is 17.1 Å². The lowest BCUT2D eigenvalue weighted by Gasteiger charge is -2.54. The molecule has 2 amide bonds. The number of halogens is 1. The number of aryl methyl sites for hydroxylation is 1. The number of nitrogens with zero attached hydrogens (tertiary/aromatic N) is 10. The number of benzene rings is 2. The van der Waals surface area contributed by atoms with Crippen LogP contribution in [0.4, 0.5) is 21.7 Å². The molecule has 332 valence electrons. The Morgan fingerprint density at radius 3 is 2.69 bits per heavy atom. The van der Waals surface area contributed by atoms with Crippen LogP contribution in [0.25, 0.3) is 22.3 Å². The molecular formula is C42H48BFN14O5S. The summed E-state index contributed by atoms with van der Waals surface area (Å²) in [6.07, 6.45) is 5.13. The number of ether oxygens (including phenoxy) is 1. The lowest BCUT2D eigenvalue weighted by molar-refractivity contribution is -0.116. The van der Waals surface area contributed by atoms with Gasteiger partial charge in [-0.2, -0.15) is 15.3 Å². The van der Waals surface area contributed by atoms with Crippen molar-refractivity contribution in [1.29, 1.82) is 0 Å². The van der Waals surface area contributed by atoms with Gasteiger partial charge < -0.3 is 30.7 Å². The number of rotatable bonds is 17. The number of pyridine rings is 1. The van der Waals surface area contributed by atoms with Crippen molar-refractivity contribution in [3.05, 3.63) is 90.2 Å². The van der Waals surface area contributed by atoms with Crippen molar-refractivity contribution in [2.75, 3.05) is 48.4 Å². The van der Waals surface area contributed by atoms with Gasteiger partial charge in [0.1, 0.15) is 38.2 Å². The second-order valence-electron chi connectivity index (χ2n) is 15.8. The number of aliphatic hydroxyl groups is 1. The van der Waals surface area contributed by atoms with Crippen LogP contribution in [-0.2, 0) is 33.1 Å². The van der Waals surface area contributed by atoms with E-state index in [-0.39, 0.29) is 42.2 Å². The Morgan fingerprint density at radius 2 is 1.98 bits per heavy atom. The number of carbonyl (C=O) groups excluding carboxylic acids is 2. The number of piperazine rings is 1. The minimum Gasteiger partial charge on any atom is -0.485 e. The summed E-state index contributed by atoms with van der Waals surface area (Å²) in [7, 11) is 6.64. The van der Waals surface area contributed by atoms with Gasteiger partial charge in [0.15, 0.2) is 22.7 Å². The molecule has 2 aromatic carbocycles. The highest BCUT2D eigenvalue weighted by Crippen LogP contribution is 2.36. The quantitative estimate of drug-likeness (QED) is 0.0386. The van der Waals surface area contributed by atoms with Crippen LogP contribution in [0.15, 0.2) is 93.2 Å². The predicted molar refractivity (Wildman–Crippen MR) is 241 cm³/mol. The maximum atomic E-state index is 15.6. The highest BCUT2D eigenvalue weighted by atomic mass is 32.2. The van der Waals surface area contributed by atoms with Crippen molar-refractivity contribution in [3.63, 3.8) is 0 Å². The van der Waals surface area contributed by atoms with Gasteiger partial charge in [-0.05, 0) is 75.7 Å². The van der Waals surface area contributed by atoms with Crippen molar-refractivity contribution in [3.8, 4) is 17.0 Å². The van der Waals surface area contributed by atoms with Gasteiger partial charge in [0, 0.05) is 73.5 Å². The summed E-state index contributed by atoms with van der Waals surface area (Å²) < 4.78 is 38.6. The fraction of sp³-hybridized carbons (Fsp3) is 0.333. The minimum absolute atomic E-state index is 0.0815.